The quantitative estimate of drug-likeness (QED) is 0.697. The zero-order valence-electron chi connectivity index (χ0n) is 15.1. The highest BCUT2D eigenvalue weighted by Crippen LogP contribution is 2.36. The first-order valence-corrected chi connectivity index (χ1v) is 8.92. The molecule has 1 saturated heterocycles. The summed E-state index contributed by atoms with van der Waals surface area (Å²) in [6, 6.07) is 7.01. The third-order valence-corrected chi connectivity index (χ3v) is 4.91. The second-order valence-electron chi connectivity index (χ2n) is 6.88. The van der Waals surface area contributed by atoms with Crippen LogP contribution in [0.5, 0.6) is 5.75 Å². The first kappa shape index (κ1) is 17.2. The first-order valence-electron chi connectivity index (χ1n) is 8.92. The molecule has 3 aromatic rings. The number of pyridine rings is 1. The number of aromatic nitrogens is 3. The highest BCUT2D eigenvalue weighted by atomic mass is 16.3. The van der Waals surface area contributed by atoms with Gasteiger partial charge in [-0.2, -0.15) is 0 Å². The monoisotopic (exact) mass is 360 g/mol. The number of hydrogen-bond donors (Lipinski definition) is 2. The summed E-state index contributed by atoms with van der Waals surface area (Å²) in [7, 11) is 2.12. The van der Waals surface area contributed by atoms with Gasteiger partial charge < -0.3 is 15.3 Å². The minimum Gasteiger partial charge on any atom is -0.509 e. The molecule has 3 heterocycles. The third-order valence-electron chi connectivity index (χ3n) is 4.91. The van der Waals surface area contributed by atoms with Gasteiger partial charge in [-0.25, -0.2) is 4.85 Å². The van der Waals surface area contributed by atoms with Crippen molar-refractivity contribution in [3.8, 4) is 17.0 Å². The second kappa shape index (κ2) is 7.17. The molecule has 0 radical (unpaired) electrons. The fourth-order valence-electron chi connectivity index (χ4n) is 3.57. The smallest absolute Gasteiger partial charge is 0.190 e. The molecule has 1 atom stereocenters. The van der Waals surface area contributed by atoms with E-state index in [1.807, 2.05) is 6.07 Å². The Morgan fingerprint density at radius 3 is 2.93 bits per heavy atom. The zero-order chi connectivity index (χ0) is 18.8. The van der Waals surface area contributed by atoms with Crippen LogP contribution < -0.4 is 5.32 Å². The van der Waals surface area contributed by atoms with Crippen molar-refractivity contribution in [1.82, 2.24) is 20.1 Å². The lowest BCUT2D eigenvalue weighted by atomic mass is 10.0. The van der Waals surface area contributed by atoms with Crippen molar-refractivity contribution in [3.63, 3.8) is 0 Å². The average molecular weight is 360 g/mol. The summed E-state index contributed by atoms with van der Waals surface area (Å²) in [6.07, 6.45) is 5.72. The number of nitrogens with one attached hydrogen (secondary N) is 1. The molecule has 2 aromatic heterocycles. The highest BCUT2D eigenvalue weighted by molar-refractivity contribution is 6.00. The topological polar surface area (TPSA) is 78.5 Å². The summed E-state index contributed by atoms with van der Waals surface area (Å²) in [6.45, 7) is 9.16. The number of phenols is 1. The molecule has 0 aliphatic carbocycles. The van der Waals surface area contributed by atoms with Crippen LogP contribution in [0.15, 0.2) is 36.7 Å². The largest absolute Gasteiger partial charge is 0.509 e. The SMILES string of the molecule is [C-]#[N+]c1ccc(-c2nnc(N[C@@H]3CCCN(C)C3)c3cnccc23)c(O)c1. The number of aromatic hydroxyl groups is 1. The molecule has 0 unspecified atom stereocenters. The number of likely N-dealkylation sites (N-methyl/N-ethyl adjacent to an activating group) is 1. The van der Waals surface area contributed by atoms with Gasteiger partial charge in [0.2, 0.25) is 0 Å². The molecule has 1 aromatic carbocycles. The lowest BCUT2D eigenvalue weighted by Crippen LogP contribution is -2.40. The first-order chi connectivity index (χ1) is 13.2. The molecule has 27 heavy (non-hydrogen) atoms. The molecule has 4 rings (SSSR count). The number of phenolic OH excluding ortho intramolecular Hbond substituents is 1. The van der Waals surface area contributed by atoms with E-state index >= 15 is 0 Å². The van der Waals surface area contributed by atoms with E-state index in [0.29, 0.717) is 28.8 Å². The Balaban J connectivity index is 1.76. The molecular formula is C20H20N6O. The molecule has 0 spiro atoms. The Labute approximate surface area is 157 Å². The van der Waals surface area contributed by atoms with E-state index in [1.54, 1.807) is 24.5 Å². The summed E-state index contributed by atoms with van der Waals surface area (Å²) in [5.74, 6) is 0.727. The lowest BCUT2D eigenvalue weighted by Gasteiger charge is -2.30. The van der Waals surface area contributed by atoms with Crippen molar-refractivity contribution in [2.24, 2.45) is 0 Å². The minimum atomic E-state index is 0.0190. The van der Waals surface area contributed by atoms with Gasteiger partial charge in [0.15, 0.2) is 11.5 Å². The second-order valence-corrected chi connectivity index (χ2v) is 6.88. The molecule has 136 valence electrons. The minimum absolute atomic E-state index is 0.0190. The molecule has 1 fully saturated rings. The van der Waals surface area contributed by atoms with E-state index in [2.05, 4.69) is 37.3 Å². The Hall–Kier alpha value is -3.24. The van der Waals surface area contributed by atoms with Crippen LogP contribution in [0.3, 0.4) is 0 Å². The fourth-order valence-corrected chi connectivity index (χ4v) is 3.57. The van der Waals surface area contributed by atoms with Crippen molar-refractivity contribution in [1.29, 1.82) is 0 Å². The molecule has 7 heteroatoms. The van der Waals surface area contributed by atoms with Gasteiger partial charge >= 0.3 is 0 Å². The molecule has 0 saturated carbocycles. The Bertz CT molecular complexity index is 1030. The number of piperidine rings is 1. The summed E-state index contributed by atoms with van der Waals surface area (Å²) in [5.41, 5.74) is 1.51. The number of benzene rings is 1. The summed E-state index contributed by atoms with van der Waals surface area (Å²) in [5, 5.41) is 24.4. The van der Waals surface area contributed by atoms with Crippen LogP contribution in [0, 0.1) is 6.57 Å². The van der Waals surface area contributed by atoms with Crippen molar-refractivity contribution in [2.45, 2.75) is 18.9 Å². The van der Waals surface area contributed by atoms with Crippen molar-refractivity contribution in [2.75, 3.05) is 25.5 Å². The molecule has 0 bridgehead atoms. The third kappa shape index (κ3) is 3.39. The van der Waals surface area contributed by atoms with Gasteiger partial charge in [0, 0.05) is 41.3 Å². The van der Waals surface area contributed by atoms with Crippen molar-refractivity contribution >= 4 is 22.3 Å². The van der Waals surface area contributed by atoms with E-state index in [1.165, 1.54) is 6.07 Å². The summed E-state index contributed by atoms with van der Waals surface area (Å²) < 4.78 is 0. The van der Waals surface area contributed by atoms with Gasteiger partial charge in [-0.15, -0.1) is 10.2 Å². The van der Waals surface area contributed by atoms with Crippen LogP contribution in [-0.2, 0) is 0 Å². The van der Waals surface area contributed by atoms with E-state index in [0.717, 1.165) is 36.7 Å². The summed E-state index contributed by atoms with van der Waals surface area (Å²) in [4.78, 5) is 9.90. The van der Waals surface area contributed by atoms with Gasteiger partial charge in [0.05, 0.1) is 6.57 Å². The number of hydrogen-bond acceptors (Lipinski definition) is 6. The number of rotatable bonds is 3. The zero-order valence-corrected chi connectivity index (χ0v) is 15.1. The Morgan fingerprint density at radius 2 is 2.15 bits per heavy atom. The highest BCUT2D eigenvalue weighted by Gasteiger charge is 2.20. The number of anilines is 1. The van der Waals surface area contributed by atoms with Gasteiger partial charge in [-0.1, -0.05) is 12.1 Å². The fraction of sp³-hybridized carbons (Fsp3) is 0.300. The van der Waals surface area contributed by atoms with Gasteiger partial charge in [0.25, 0.3) is 0 Å². The normalized spacial score (nSPS) is 17.6. The van der Waals surface area contributed by atoms with Crippen LogP contribution in [0.2, 0.25) is 0 Å². The maximum atomic E-state index is 10.3. The molecule has 1 aliphatic heterocycles. The molecule has 7 nitrogen and oxygen atoms in total. The maximum Gasteiger partial charge on any atom is 0.190 e. The van der Waals surface area contributed by atoms with Crippen LogP contribution in [-0.4, -0.2) is 51.4 Å². The van der Waals surface area contributed by atoms with Gasteiger partial charge in [-0.3, -0.25) is 4.98 Å². The molecule has 1 aliphatic rings. The van der Waals surface area contributed by atoms with Gasteiger partial charge in [0.1, 0.15) is 11.4 Å². The van der Waals surface area contributed by atoms with E-state index in [9.17, 15) is 5.11 Å². The predicted octanol–water partition coefficient (Wildman–Crippen LogP) is 3.45. The van der Waals surface area contributed by atoms with E-state index < -0.39 is 0 Å². The number of nitrogens with zero attached hydrogens (tertiary/aromatic N) is 5. The predicted molar refractivity (Wildman–Crippen MR) is 105 cm³/mol. The Morgan fingerprint density at radius 1 is 1.26 bits per heavy atom. The average Bonchev–Trinajstić information content (AvgIpc) is 2.68. The lowest BCUT2D eigenvalue weighted by molar-refractivity contribution is 0.261. The van der Waals surface area contributed by atoms with Crippen molar-refractivity contribution in [3.05, 3.63) is 48.1 Å². The van der Waals surface area contributed by atoms with E-state index in [-0.39, 0.29) is 5.75 Å². The number of fused-ring (bicyclic) bond motifs is 1. The van der Waals surface area contributed by atoms with Crippen LogP contribution in [0.1, 0.15) is 12.8 Å². The summed E-state index contributed by atoms with van der Waals surface area (Å²) >= 11 is 0. The molecule has 0 amide bonds. The van der Waals surface area contributed by atoms with Crippen LogP contribution in [0.4, 0.5) is 11.5 Å². The number of likely N-dealkylation sites (tertiary alicyclic amines) is 1. The Kier molecular flexibility index (Phi) is 4.57. The van der Waals surface area contributed by atoms with Gasteiger partial charge in [-0.05, 0) is 38.6 Å². The maximum absolute atomic E-state index is 10.3. The van der Waals surface area contributed by atoms with Crippen LogP contribution >= 0.6 is 0 Å². The molecule has 2 N–H and O–H groups in total. The molecular weight excluding hydrogens is 340 g/mol. The standard InChI is InChI=1S/C20H20N6O/c1-21-13-5-6-16(18(27)10-13)19-15-7-8-22-11-17(15)20(25-24-19)23-14-4-3-9-26(2)12-14/h5-8,10-11,14,27H,3-4,9,12H2,2H3,(H,23,25)/t14-/m1/s1. The van der Waals surface area contributed by atoms with Crippen molar-refractivity contribution < 1.29 is 5.11 Å². The van der Waals surface area contributed by atoms with Crippen LogP contribution in [0.25, 0.3) is 26.9 Å². The van der Waals surface area contributed by atoms with E-state index in [4.69, 9.17) is 6.57 Å².